The van der Waals surface area contributed by atoms with Crippen LogP contribution in [0.4, 0.5) is 0 Å². The lowest BCUT2D eigenvalue weighted by molar-refractivity contribution is -0.138. The fourth-order valence-corrected chi connectivity index (χ4v) is 3.05. The highest BCUT2D eigenvalue weighted by atomic mass is 127. The minimum Gasteiger partial charge on any atom is -0.490 e. The molecule has 0 N–H and O–H groups in total. The van der Waals surface area contributed by atoms with E-state index in [4.69, 9.17) is 9.47 Å². The maximum absolute atomic E-state index is 12.0. The molecule has 0 unspecified atom stereocenters. The van der Waals surface area contributed by atoms with E-state index in [1.54, 1.807) is 0 Å². The minimum atomic E-state index is -0.295. The zero-order chi connectivity index (χ0) is 15.0. The molecule has 0 aromatic heterocycles. The summed E-state index contributed by atoms with van der Waals surface area (Å²) in [5.74, 6) is 0.607. The first kappa shape index (κ1) is 16.9. The van der Waals surface area contributed by atoms with Gasteiger partial charge in [0.15, 0.2) is 0 Å². The van der Waals surface area contributed by atoms with Gasteiger partial charge < -0.3 is 19.3 Å². The van der Waals surface area contributed by atoms with Crippen LogP contribution in [0.15, 0.2) is 36.2 Å². The van der Waals surface area contributed by atoms with Gasteiger partial charge >= 0.3 is 5.97 Å². The first-order valence-corrected chi connectivity index (χ1v) is 7.12. The van der Waals surface area contributed by atoms with Crippen LogP contribution in [0.3, 0.4) is 0 Å². The van der Waals surface area contributed by atoms with Crippen molar-refractivity contribution < 1.29 is 14.3 Å². The van der Waals surface area contributed by atoms with Crippen molar-refractivity contribution in [1.29, 1.82) is 0 Å². The van der Waals surface area contributed by atoms with E-state index >= 15 is 0 Å². The summed E-state index contributed by atoms with van der Waals surface area (Å²) in [7, 11) is 3.37. The van der Waals surface area contributed by atoms with E-state index in [2.05, 4.69) is 17.9 Å². The number of hydrogen-bond acceptors (Lipinski definition) is 5. The first-order chi connectivity index (χ1) is 10.1. The average molecular weight is 416 g/mol. The molecule has 6 heteroatoms. The number of methoxy groups -OCH3 is 1. The molecule has 22 heavy (non-hydrogen) atoms. The average Bonchev–Trinajstić information content (AvgIpc) is 2.87. The van der Waals surface area contributed by atoms with E-state index in [1.807, 2.05) is 36.3 Å². The fraction of sp³-hybridized carbons (Fsp3) is 0.438. The molecule has 2 aliphatic rings. The Kier molecular flexibility index (Phi) is 5.20. The molecule has 1 aromatic carbocycles. The van der Waals surface area contributed by atoms with Crippen LogP contribution in [0.5, 0.6) is 5.75 Å². The lowest BCUT2D eigenvalue weighted by Gasteiger charge is -2.37. The van der Waals surface area contributed by atoms with Crippen LogP contribution in [-0.4, -0.2) is 42.7 Å². The summed E-state index contributed by atoms with van der Waals surface area (Å²) in [4.78, 5) is 16.1. The molecule has 0 saturated carbocycles. The number of fused-ring (bicyclic) bond motifs is 1. The Morgan fingerprint density at radius 1 is 1.36 bits per heavy atom. The van der Waals surface area contributed by atoms with Crippen molar-refractivity contribution in [2.24, 2.45) is 0 Å². The predicted molar refractivity (Wildman–Crippen MR) is 93.9 cm³/mol. The number of benzene rings is 1. The second kappa shape index (κ2) is 6.76. The summed E-state index contributed by atoms with van der Waals surface area (Å²) in [5.41, 5.74) is 1.73. The van der Waals surface area contributed by atoms with Crippen molar-refractivity contribution in [1.82, 2.24) is 9.80 Å². The Bertz CT molecular complexity index is 591. The molecule has 0 fully saturated rings. The standard InChI is InChI=1S/C16H20N2O3.HI/c1-11-8-13(12-6-4-5-7-15(12)21-11)18-10-17(2)9-14(18)16(19)20-3;/h4-7,9,11,13H,8,10H2,1-3H3;1H/t11-,13-;/m0./s1. The van der Waals surface area contributed by atoms with Gasteiger partial charge in [-0.05, 0) is 13.0 Å². The number of carbonyl (C=O) groups excluding carboxylic acids is 1. The molecule has 0 spiro atoms. The molecule has 2 heterocycles. The summed E-state index contributed by atoms with van der Waals surface area (Å²) < 4.78 is 10.8. The normalized spacial score (nSPS) is 23.1. The van der Waals surface area contributed by atoms with Crippen LogP contribution in [0.25, 0.3) is 0 Å². The summed E-state index contributed by atoms with van der Waals surface area (Å²) >= 11 is 0. The Labute approximate surface area is 147 Å². The van der Waals surface area contributed by atoms with Gasteiger partial charge in [-0.3, -0.25) is 0 Å². The molecule has 3 rings (SSSR count). The maximum atomic E-state index is 12.0. The third-order valence-corrected chi connectivity index (χ3v) is 3.96. The van der Waals surface area contributed by atoms with E-state index in [0.29, 0.717) is 12.4 Å². The van der Waals surface area contributed by atoms with Crippen LogP contribution in [0.1, 0.15) is 24.9 Å². The van der Waals surface area contributed by atoms with E-state index < -0.39 is 0 Å². The number of ether oxygens (including phenoxy) is 2. The van der Waals surface area contributed by atoms with Gasteiger partial charge in [-0.25, -0.2) is 4.79 Å². The highest BCUT2D eigenvalue weighted by molar-refractivity contribution is 14.0. The SMILES string of the molecule is COC(=O)C1=CN(C)CN1[C@H]1C[C@H](C)Oc2ccccc21.I. The second-order valence-corrected chi connectivity index (χ2v) is 5.59. The maximum Gasteiger partial charge on any atom is 0.355 e. The summed E-state index contributed by atoms with van der Waals surface area (Å²) in [5, 5.41) is 0. The van der Waals surface area contributed by atoms with E-state index in [1.165, 1.54) is 7.11 Å². The smallest absolute Gasteiger partial charge is 0.355 e. The van der Waals surface area contributed by atoms with Crippen molar-refractivity contribution in [3.8, 4) is 5.75 Å². The van der Waals surface area contributed by atoms with Gasteiger partial charge in [-0.1, -0.05) is 18.2 Å². The van der Waals surface area contributed by atoms with Crippen LogP contribution in [0, 0.1) is 0 Å². The van der Waals surface area contributed by atoms with E-state index in [-0.39, 0.29) is 42.1 Å². The van der Waals surface area contributed by atoms with Crippen LogP contribution < -0.4 is 4.74 Å². The van der Waals surface area contributed by atoms with Gasteiger partial charge in [0.25, 0.3) is 0 Å². The molecule has 0 aliphatic carbocycles. The number of nitrogens with zero attached hydrogens (tertiary/aromatic N) is 2. The summed E-state index contributed by atoms with van der Waals surface area (Å²) in [6, 6.07) is 8.16. The molecule has 5 nitrogen and oxygen atoms in total. The Morgan fingerprint density at radius 2 is 2.09 bits per heavy atom. The molecular formula is C16H21IN2O3. The van der Waals surface area contributed by atoms with E-state index in [9.17, 15) is 4.79 Å². The van der Waals surface area contributed by atoms with Crippen LogP contribution in [-0.2, 0) is 9.53 Å². The number of hydrogen-bond donors (Lipinski definition) is 0. The largest absolute Gasteiger partial charge is 0.490 e. The second-order valence-electron chi connectivity index (χ2n) is 5.59. The molecule has 2 atom stereocenters. The van der Waals surface area contributed by atoms with Crippen molar-refractivity contribution in [3.05, 3.63) is 41.7 Å². The van der Waals surface area contributed by atoms with Crippen molar-refractivity contribution in [2.75, 3.05) is 20.8 Å². The minimum absolute atomic E-state index is 0. The van der Waals surface area contributed by atoms with Crippen LogP contribution >= 0.6 is 24.0 Å². The van der Waals surface area contributed by atoms with Crippen molar-refractivity contribution >= 4 is 29.9 Å². The predicted octanol–water partition coefficient (Wildman–Crippen LogP) is 2.74. The Morgan fingerprint density at radius 3 is 2.82 bits per heavy atom. The topological polar surface area (TPSA) is 42.0 Å². The molecule has 120 valence electrons. The molecule has 2 aliphatic heterocycles. The highest BCUT2D eigenvalue weighted by Crippen LogP contribution is 2.41. The molecule has 0 saturated heterocycles. The van der Waals surface area contributed by atoms with Gasteiger partial charge in [-0.15, -0.1) is 24.0 Å². The van der Waals surface area contributed by atoms with Crippen LogP contribution in [0.2, 0.25) is 0 Å². The fourth-order valence-electron chi connectivity index (χ4n) is 3.05. The first-order valence-electron chi connectivity index (χ1n) is 7.12. The third kappa shape index (κ3) is 3.02. The van der Waals surface area contributed by atoms with Gasteiger partial charge in [0.2, 0.25) is 0 Å². The molecule has 0 radical (unpaired) electrons. The zero-order valence-electron chi connectivity index (χ0n) is 13.0. The number of para-hydroxylation sites is 1. The highest BCUT2D eigenvalue weighted by Gasteiger charge is 2.36. The summed E-state index contributed by atoms with van der Waals surface area (Å²) in [6.07, 6.45) is 2.81. The number of rotatable bonds is 2. The third-order valence-electron chi connectivity index (χ3n) is 3.96. The van der Waals surface area contributed by atoms with Gasteiger partial charge in [0.05, 0.1) is 25.9 Å². The number of esters is 1. The molecule has 0 amide bonds. The van der Waals surface area contributed by atoms with Gasteiger partial charge in [-0.2, -0.15) is 0 Å². The Hall–Kier alpha value is -1.44. The van der Waals surface area contributed by atoms with Crippen molar-refractivity contribution in [2.45, 2.75) is 25.5 Å². The lowest BCUT2D eigenvalue weighted by atomic mass is 9.95. The lowest BCUT2D eigenvalue weighted by Crippen LogP contribution is -2.37. The number of carbonyl (C=O) groups is 1. The number of halogens is 1. The van der Waals surface area contributed by atoms with Gasteiger partial charge in [0, 0.05) is 25.2 Å². The molecule has 1 aromatic rings. The van der Waals surface area contributed by atoms with Gasteiger partial charge in [0.1, 0.15) is 11.4 Å². The summed E-state index contributed by atoms with van der Waals surface area (Å²) in [6.45, 7) is 2.74. The zero-order valence-corrected chi connectivity index (χ0v) is 15.3. The molecule has 0 bridgehead atoms. The van der Waals surface area contributed by atoms with E-state index in [0.717, 1.165) is 17.7 Å². The quantitative estimate of drug-likeness (QED) is 0.548. The van der Waals surface area contributed by atoms with Crippen molar-refractivity contribution in [3.63, 3.8) is 0 Å². The molecular weight excluding hydrogens is 395 g/mol. The monoisotopic (exact) mass is 416 g/mol. The Balaban J connectivity index is 0.00000176.